The van der Waals surface area contributed by atoms with Gasteiger partial charge in [-0.25, -0.2) is 4.98 Å². The van der Waals surface area contributed by atoms with Gasteiger partial charge in [-0.15, -0.1) is 0 Å². The van der Waals surface area contributed by atoms with Crippen LogP contribution in [0.15, 0.2) is 84.1 Å². The molecule has 0 spiro atoms. The zero-order valence-electron chi connectivity index (χ0n) is 18.0. The number of aromatic nitrogens is 2. The molecule has 0 radical (unpaired) electrons. The van der Waals surface area contributed by atoms with Gasteiger partial charge in [-0.2, -0.15) is 0 Å². The number of imidazole rings is 1. The number of aryl methyl sites for hydroxylation is 1. The first kappa shape index (κ1) is 19.9. The molecule has 3 N–H and O–H groups in total. The number of anilines is 2. The third-order valence-electron chi connectivity index (χ3n) is 5.90. The van der Waals surface area contributed by atoms with Crippen LogP contribution in [0, 0.1) is 0 Å². The maximum atomic E-state index is 13.6. The number of hydrogen-bond acceptors (Lipinski definition) is 4. The minimum Gasteiger partial charge on any atom is -0.508 e. The summed E-state index contributed by atoms with van der Waals surface area (Å²) < 4.78 is 2.05. The fourth-order valence-electron chi connectivity index (χ4n) is 4.25. The molecule has 1 atom stereocenters. The fourth-order valence-corrected chi connectivity index (χ4v) is 4.25. The molecule has 1 amide bonds. The summed E-state index contributed by atoms with van der Waals surface area (Å²) in [5.41, 5.74) is 5.98. The number of amides is 1. The number of allylic oxidation sites excluding steroid dienone is 1. The molecule has 0 fully saturated rings. The summed E-state index contributed by atoms with van der Waals surface area (Å²) in [7, 11) is 0. The molecule has 6 nitrogen and oxygen atoms in total. The summed E-state index contributed by atoms with van der Waals surface area (Å²) in [6.07, 6.45) is 0.946. The predicted molar refractivity (Wildman–Crippen MR) is 127 cm³/mol. The number of carbonyl (C=O) groups excluding carboxylic acids is 1. The van der Waals surface area contributed by atoms with Crippen molar-refractivity contribution < 1.29 is 9.90 Å². The van der Waals surface area contributed by atoms with E-state index >= 15 is 0 Å². The number of benzene rings is 3. The average Bonchev–Trinajstić information content (AvgIpc) is 3.17. The van der Waals surface area contributed by atoms with Crippen LogP contribution in [-0.2, 0) is 11.2 Å². The first-order valence-electron chi connectivity index (χ1n) is 10.7. The second-order valence-electron chi connectivity index (χ2n) is 7.96. The number of nitrogens with one attached hydrogen (secondary N) is 2. The normalized spacial score (nSPS) is 15.4. The van der Waals surface area contributed by atoms with Gasteiger partial charge in [-0.1, -0.05) is 43.3 Å². The Balaban J connectivity index is 1.62. The van der Waals surface area contributed by atoms with Gasteiger partial charge in [0, 0.05) is 11.4 Å². The molecule has 0 aliphatic carbocycles. The van der Waals surface area contributed by atoms with Crippen LogP contribution in [0.1, 0.15) is 31.0 Å². The number of hydrogen-bond donors (Lipinski definition) is 3. The Morgan fingerprint density at radius 2 is 1.78 bits per heavy atom. The number of carbonyl (C=O) groups is 1. The lowest BCUT2D eigenvalue weighted by Crippen LogP contribution is -2.30. The van der Waals surface area contributed by atoms with E-state index in [2.05, 4.69) is 17.6 Å². The molecule has 4 aromatic rings. The fraction of sp³-hybridized carbons (Fsp3) is 0.154. The van der Waals surface area contributed by atoms with Gasteiger partial charge < -0.3 is 15.7 Å². The van der Waals surface area contributed by atoms with E-state index in [0.29, 0.717) is 11.5 Å². The van der Waals surface area contributed by atoms with Gasteiger partial charge in [-0.3, -0.25) is 9.36 Å². The van der Waals surface area contributed by atoms with Crippen LogP contribution in [0.3, 0.4) is 0 Å². The molecule has 0 bridgehead atoms. The monoisotopic (exact) mass is 424 g/mol. The standard InChI is InChI=1S/C26H24N4O2/c1-3-17-8-12-19(13-9-17)28-25(32)23-16(2)27-26-29-21-6-4-5-7-22(21)30(26)24(23)18-10-14-20(31)15-11-18/h4-15,24,31H,3H2,1-2H3,(H,27,29)(H,28,32). The largest absolute Gasteiger partial charge is 0.508 e. The SMILES string of the molecule is CCc1ccc(NC(=O)C2=C(C)Nc3nc4ccccc4n3C2c2ccc(O)cc2)cc1. The van der Waals surface area contributed by atoms with Crippen molar-refractivity contribution in [2.45, 2.75) is 26.3 Å². The summed E-state index contributed by atoms with van der Waals surface area (Å²) in [4.78, 5) is 18.3. The second-order valence-corrected chi connectivity index (χ2v) is 7.96. The predicted octanol–water partition coefficient (Wildman–Crippen LogP) is 5.23. The Kier molecular flexibility index (Phi) is 4.90. The highest BCUT2D eigenvalue weighted by molar-refractivity contribution is 6.06. The zero-order chi connectivity index (χ0) is 22.2. The van der Waals surface area contributed by atoms with Gasteiger partial charge in [0.2, 0.25) is 5.95 Å². The molecule has 6 heteroatoms. The molecule has 2 heterocycles. The molecule has 160 valence electrons. The number of aromatic hydroxyl groups is 1. The summed E-state index contributed by atoms with van der Waals surface area (Å²) in [6, 6.07) is 22.4. The molecule has 1 aromatic heterocycles. The van der Waals surface area contributed by atoms with Gasteiger partial charge >= 0.3 is 0 Å². The Bertz CT molecular complexity index is 1330. The lowest BCUT2D eigenvalue weighted by atomic mass is 9.94. The van der Waals surface area contributed by atoms with Crippen molar-refractivity contribution in [2.24, 2.45) is 0 Å². The number of para-hydroxylation sites is 2. The van der Waals surface area contributed by atoms with Crippen LogP contribution in [-0.4, -0.2) is 20.6 Å². The zero-order valence-corrected chi connectivity index (χ0v) is 18.0. The molecule has 1 aliphatic heterocycles. The van der Waals surface area contributed by atoms with Crippen molar-refractivity contribution in [1.82, 2.24) is 9.55 Å². The van der Waals surface area contributed by atoms with Gasteiger partial charge in [-0.05, 0) is 60.9 Å². The van der Waals surface area contributed by atoms with E-state index in [1.165, 1.54) is 5.56 Å². The summed E-state index contributed by atoms with van der Waals surface area (Å²) in [5, 5.41) is 16.2. The van der Waals surface area contributed by atoms with E-state index < -0.39 is 6.04 Å². The van der Waals surface area contributed by atoms with E-state index in [0.717, 1.165) is 34.4 Å². The van der Waals surface area contributed by atoms with Crippen LogP contribution in [0.2, 0.25) is 0 Å². The van der Waals surface area contributed by atoms with Crippen LogP contribution < -0.4 is 10.6 Å². The molecule has 0 saturated heterocycles. The quantitative estimate of drug-likeness (QED) is 0.419. The van der Waals surface area contributed by atoms with Crippen molar-refractivity contribution in [2.75, 3.05) is 10.6 Å². The van der Waals surface area contributed by atoms with Gasteiger partial charge in [0.15, 0.2) is 0 Å². The average molecular weight is 425 g/mol. The smallest absolute Gasteiger partial charge is 0.255 e. The van der Waals surface area contributed by atoms with Crippen molar-refractivity contribution in [3.63, 3.8) is 0 Å². The molecule has 3 aromatic carbocycles. The van der Waals surface area contributed by atoms with Crippen LogP contribution in [0.25, 0.3) is 11.0 Å². The topological polar surface area (TPSA) is 79.2 Å². The lowest BCUT2D eigenvalue weighted by Gasteiger charge is -2.30. The van der Waals surface area contributed by atoms with Crippen LogP contribution in [0.5, 0.6) is 5.75 Å². The maximum absolute atomic E-state index is 13.6. The van der Waals surface area contributed by atoms with E-state index in [4.69, 9.17) is 4.98 Å². The minimum absolute atomic E-state index is 0.180. The Morgan fingerprint density at radius 3 is 2.50 bits per heavy atom. The minimum atomic E-state index is -0.394. The third-order valence-corrected chi connectivity index (χ3v) is 5.90. The third kappa shape index (κ3) is 3.39. The highest BCUT2D eigenvalue weighted by Crippen LogP contribution is 2.39. The lowest BCUT2D eigenvalue weighted by molar-refractivity contribution is -0.113. The van der Waals surface area contributed by atoms with Crippen molar-refractivity contribution in [3.8, 4) is 5.75 Å². The summed E-state index contributed by atoms with van der Waals surface area (Å²) in [6.45, 7) is 4.00. The van der Waals surface area contributed by atoms with Gasteiger partial charge in [0.1, 0.15) is 5.75 Å². The summed E-state index contributed by atoms with van der Waals surface area (Å²) >= 11 is 0. The van der Waals surface area contributed by atoms with E-state index in [1.807, 2.05) is 72.2 Å². The first-order chi connectivity index (χ1) is 15.5. The van der Waals surface area contributed by atoms with E-state index in [1.54, 1.807) is 12.1 Å². The molecular formula is C26H24N4O2. The number of phenolic OH excluding ortho intramolecular Hbond substituents is 1. The van der Waals surface area contributed by atoms with E-state index in [9.17, 15) is 9.90 Å². The van der Waals surface area contributed by atoms with Gasteiger partial charge in [0.05, 0.1) is 22.6 Å². The highest BCUT2D eigenvalue weighted by atomic mass is 16.3. The molecule has 32 heavy (non-hydrogen) atoms. The molecule has 0 saturated carbocycles. The van der Waals surface area contributed by atoms with Crippen LogP contribution >= 0.6 is 0 Å². The molecule has 5 rings (SSSR count). The Hall–Kier alpha value is -4.06. The van der Waals surface area contributed by atoms with Gasteiger partial charge in [0.25, 0.3) is 5.91 Å². The second kappa shape index (κ2) is 7.89. The molecular weight excluding hydrogens is 400 g/mol. The molecule has 1 aliphatic rings. The van der Waals surface area contributed by atoms with Crippen molar-refractivity contribution >= 4 is 28.6 Å². The van der Waals surface area contributed by atoms with E-state index in [-0.39, 0.29) is 11.7 Å². The summed E-state index contributed by atoms with van der Waals surface area (Å²) in [5.74, 6) is 0.687. The number of rotatable bonds is 4. The van der Waals surface area contributed by atoms with Crippen molar-refractivity contribution in [1.29, 1.82) is 0 Å². The van der Waals surface area contributed by atoms with Crippen molar-refractivity contribution in [3.05, 3.63) is 95.2 Å². The highest BCUT2D eigenvalue weighted by Gasteiger charge is 2.34. The Morgan fingerprint density at radius 1 is 1.06 bits per heavy atom. The Labute approximate surface area is 186 Å². The molecule has 1 unspecified atom stereocenters. The maximum Gasteiger partial charge on any atom is 0.255 e. The first-order valence-corrected chi connectivity index (χ1v) is 10.7. The number of phenols is 1. The number of fused-ring (bicyclic) bond motifs is 3. The number of nitrogens with zero attached hydrogens (tertiary/aromatic N) is 2. The van der Waals surface area contributed by atoms with Crippen LogP contribution in [0.4, 0.5) is 11.6 Å².